The lowest BCUT2D eigenvalue weighted by atomic mass is 10.0. The van der Waals surface area contributed by atoms with Crippen LogP contribution in [0.15, 0.2) is 13.6 Å². The quantitative estimate of drug-likeness (QED) is 0.701. The molecule has 0 bridgehead atoms. The molecule has 0 unspecified atom stereocenters. The Balaban J connectivity index is 2.25. The van der Waals surface area contributed by atoms with Crippen molar-refractivity contribution in [3.63, 3.8) is 0 Å². The molecule has 19 heavy (non-hydrogen) atoms. The first-order chi connectivity index (χ1) is 9.04. The third-order valence-corrected chi connectivity index (χ3v) is 5.46. The maximum Gasteiger partial charge on any atom is 0.328 e. The van der Waals surface area contributed by atoms with Crippen LogP contribution in [0.4, 0.5) is 0 Å². The van der Waals surface area contributed by atoms with Gasteiger partial charge in [-0.1, -0.05) is 0 Å². The number of ether oxygens (including phenoxy) is 1. The Morgan fingerprint density at radius 3 is 2.74 bits per heavy atom. The van der Waals surface area contributed by atoms with Gasteiger partial charge in [0.1, 0.15) is 6.04 Å². The molecule has 4 nitrogen and oxygen atoms in total. The third-order valence-electron chi connectivity index (χ3n) is 3.12. The van der Waals surface area contributed by atoms with Gasteiger partial charge in [0.15, 0.2) is 0 Å². The van der Waals surface area contributed by atoms with Crippen molar-refractivity contribution in [3.8, 4) is 0 Å². The van der Waals surface area contributed by atoms with Gasteiger partial charge in [0.2, 0.25) is 0 Å². The minimum absolute atomic E-state index is 0.121. The van der Waals surface area contributed by atoms with E-state index in [9.17, 15) is 9.59 Å². The molecule has 1 aliphatic rings. The summed E-state index contributed by atoms with van der Waals surface area (Å²) >= 11 is 8.19. The summed E-state index contributed by atoms with van der Waals surface area (Å²) in [5, 5.41) is 0. The molecule has 0 aromatic carbocycles. The minimum atomic E-state index is -0.461. The van der Waals surface area contributed by atoms with Gasteiger partial charge in [0, 0.05) is 6.54 Å². The Bertz CT molecular complexity index is 503. The van der Waals surface area contributed by atoms with Crippen LogP contribution in [0, 0.1) is 0 Å². The van der Waals surface area contributed by atoms with E-state index < -0.39 is 6.04 Å². The molecule has 1 aliphatic heterocycles. The zero-order chi connectivity index (χ0) is 14.0. The monoisotopic (exact) mass is 409 g/mol. The molecule has 2 rings (SSSR count). The maximum atomic E-state index is 12.5. The van der Waals surface area contributed by atoms with Crippen molar-refractivity contribution in [2.45, 2.75) is 25.3 Å². The van der Waals surface area contributed by atoms with E-state index in [1.165, 1.54) is 18.4 Å². The van der Waals surface area contributed by atoms with Crippen LogP contribution in [0.25, 0.3) is 0 Å². The van der Waals surface area contributed by atoms with Crippen molar-refractivity contribution in [2.24, 2.45) is 0 Å². The second kappa shape index (κ2) is 6.37. The molecule has 0 N–H and O–H groups in total. The second-order valence-electron chi connectivity index (χ2n) is 4.27. The Hall–Kier alpha value is -0.400. The van der Waals surface area contributed by atoms with Crippen LogP contribution in [-0.2, 0) is 9.53 Å². The predicted octanol–water partition coefficient (Wildman–Crippen LogP) is 3.44. The number of hydrogen-bond acceptors (Lipinski definition) is 4. The van der Waals surface area contributed by atoms with Gasteiger partial charge in [-0.25, -0.2) is 4.79 Å². The summed E-state index contributed by atoms with van der Waals surface area (Å²) < 4.78 is 6.45. The Morgan fingerprint density at radius 2 is 2.16 bits per heavy atom. The third kappa shape index (κ3) is 3.20. The first-order valence-electron chi connectivity index (χ1n) is 5.88. The molecule has 0 saturated carbocycles. The number of likely N-dealkylation sites (tertiary alicyclic amines) is 1. The lowest BCUT2D eigenvalue weighted by Crippen LogP contribution is -2.48. The lowest BCUT2D eigenvalue weighted by Gasteiger charge is -2.33. The highest BCUT2D eigenvalue weighted by Gasteiger charge is 2.34. The molecule has 0 spiro atoms. The van der Waals surface area contributed by atoms with Crippen LogP contribution >= 0.6 is 43.2 Å². The van der Waals surface area contributed by atoms with Crippen LogP contribution < -0.4 is 0 Å². The van der Waals surface area contributed by atoms with Crippen molar-refractivity contribution in [1.82, 2.24) is 4.90 Å². The highest BCUT2D eigenvalue weighted by molar-refractivity contribution is 9.12. The van der Waals surface area contributed by atoms with Gasteiger partial charge in [-0.2, -0.15) is 0 Å². The zero-order valence-corrected chi connectivity index (χ0v) is 14.3. The number of methoxy groups -OCH3 is 1. The van der Waals surface area contributed by atoms with Gasteiger partial charge in [-0.15, -0.1) is 11.3 Å². The first kappa shape index (κ1) is 15.0. The Morgan fingerprint density at radius 1 is 1.42 bits per heavy atom. The molecule has 2 heterocycles. The second-order valence-corrected chi connectivity index (χ2v) is 8.02. The fraction of sp³-hybridized carbons (Fsp3) is 0.500. The number of esters is 1. The number of carbonyl (C=O) groups is 2. The average Bonchev–Trinajstić information content (AvgIpc) is 2.76. The highest BCUT2D eigenvalue weighted by atomic mass is 79.9. The highest BCUT2D eigenvalue weighted by Crippen LogP contribution is 2.33. The number of nitrogens with zero attached hydrogens (tertiary/aromatic N) is 1. The van der Waals surface area contributed by atoms with E-state index in [4.69, 9.17) is 4.74 Å². The summed E-state index contributed by atoms with van der Waals surface area (Å²) in [6.45, 7) is 0.596. The summed E-state index contributed by atoms with van der Waals surface area (Å²) in [6.07, 6.45) is 2.53. The minimum Gasteiger partial charge on any atom is -0.467 e. The Labute approximate surface area is 132 Å². The van der Waals surface area contributed by atoms with Crippen LogP contribution in [-0.4, -0.2) is 36.5 Å². The molecule has 1 aromatic rings. The topological polar surface area (TPSA) is 46.6 Å². The number of carbonyl (C=O) groups excluding carboxylic acids is 2. The predicted molar refractivity (Wildman–Crippen MR) is 80.4 cm³/mol. The largest absolute Gasteiger partial charge is 0.467 e. The summed E-state index contributed by atoms with van der Waals surface area (Å²) in [6, 6.07) is 1.32. The molecule has 104 valence electrons. The van der Waals surface area contributed by atoms with Crippen LogP contribution in [0.2, 0.25) is 0 Å². The average molecular weight is 411 g/mol. The van der Waals surface area contributed by atoms with E-state index >= 15 is 0 Å². The summed E-state index contributed by atoms with van der Waals surface area (Å²) in [7, 11) is 1.36. The number of halogens is 2. The zero-order valence-electron chi connectivity index (χ0n) is 10.3. The summed E-state index contributed by atoms with van der Waals surface area (Å²) in [4.78, 5) is 25.9. The summed E-state index contributed by atoms with van der Waals surface area (Å²) in [5.74, 6) is -0.456. The first-order valence-corrected chi connectivity index (χ1v) is 8.28. The van der Waals surface area contributed by atoms with Crippen molar-refractivity contribution < 1.29 is 14.3 Å². The standard InChI is InChI=1S/C12H13Br2NO3S/c1-18-12(17)8-4-2-3-5-15(8)11(16)7-6-9(13)19-10(7)14/h6,8H,2-5H2,1H3/t8-/m1/s1. The van der Waals surface area contributed by atoms with Crippen LogP contribution in [0.1, 0.15) is 29.6 Å². The van der Waals surface area contributed by atoms with Gasteiger partial charge in [-0.05, 0) is 57.2 Å². The fourth-order valence-corrected chi connectivity index (χ4v) is 4.97. The fourth-order valence-electron chi connectivity index (χ4n) is 2.20. The van der Waals surface area contributed by atoms with Gasteiger partial charge in [-0.3, -0.25) is 4.79 Å². The normalized spacial score (nSPS) is 19.3. The van der Waals surface area contributed by atoms with E-state index in [0.29, 0.717) is 18.5 Å². The molecule has 0 radical (unpaired) electrons. The van der Waals surface area contributed by atoms with E-state index in [2.05, 4.69) is 31.9 Å². The molecule has 0 aliphatic carbocycles. The number of piperidine rings is 1. The molecular weight excluding hydrogens is 398 g/mol. The summed E-state index contributed by atoms with van der Waals surface area (Å²) in [5.41, 5.74) is 0.590. The van der Waals surface area contributed by atoms with Crippen molar-refractivity contribution >= 4 is 55.1 Å². The van der Waals surface area contributed by atoms with E-state index in [-0.39, 0.29) is 11.9 Å². The van der Waals surface area contributed by atoms with Gasteiger partial charge in [0.25, 0.3) is 5.91 Å². The van der Waals surface area contributed by atoms with Crippen molar-refractivity contribution in [1.29, 1.82) is 0 Å². The van der Waals surface area contributed by atoms with E-state index in [0.717, 1.165) is 20.4 Å². The van der Waals surface area contributed by atoms with Crippen molar-refractivity contribution in [2.75, 3.05) is 13.7 Å². The van der Waals surface area contributed by atoms with Crippen LogP contribution in [0.5, 0.6) is 0 Å². The molecule has 7 heteroatoms. The smallest absolute Gasteiger partial charge is 0.328 e. The number of thiophene rings is 1. The van der Waals surface area contributed by atoms with Gasteiger partial charge in [0.05, 0.1) is 20.2 Å². The molecule has 1 fully saturated rings. The van der Waals surface area contributed by atoms with Gasteiger partial charge >= 0.3 is 5.97 Å². The van der Waals surface area contributed by atoms with Crippen LogP contribution in [0.3, 0.4) is 0 Å². The molecule has 1 aromatic heterocycles. The number of amides is 1. The number of rotatable bonds is 2. The molecule has 1 saturated heterocycles. The van der Waals surface area contributed by atoms with E-state index in [1.54, 1.807) is 11.0 Å². The SMILES string of the molecule is COC(=O)[C@H]1CCCCN1C(=O)c1cc(Br)sc1Br. The Kier molecular flexibility index (Phi) is 5.03. The number of hydrogen-bond donors (Lipinski definition) is 0. The molecule has 1 amide bonds. The molecule has 1 atom stereocenters. The maximum absolute atomic E-state index is 12.5. The van der Waals surface area contributed by atoms with Crippen molar-refractivity contribution in [3.05, 3.63) is 19.2 Å². The molecular formula is C12H13Br2NO3S. The lowest BCUT2D eigenvalue weighted by molar-refractivity contribution is -0.147. The van der Waals surface area contributed by atoms with E-state index in [1.807, 2.05) is 0 Å². The van der Waals surface area contributed by atoms with Gasteiger partial charge < -0.3 is 9.64 Å².